The Morgan fingerprint density at radius 3 is 2.75 bits per heavy atom. The average Bonchev–Trinajstić information content (AvgIpc) is 3.14. The van der Waals surface area contributed by atoms with E-state index in [0.29, 0.717) is 31.4 Å². The monoisotopic (exact) mass is 329 g/mol. The molecule has 24 heavy (non-hydrogen) atoms. The van der Waals surface area contributed by atoms with Gasteiger partial charge in [-0.25, -0.2) is 0 Å². The van der Waals surface area contributed by atoms with E-state index in [1.807, 2.05) is 35.2 Å². The molecule has 0 unspecified atom stereocenters. The van der Waals surface area contributed by atoms with Crippen LogP contribution in [0.15, 0.2) is 34.9 Å². The van der Waals surface area contributed by atoms with Crippen LogP contribution in [0.3, 0.4) is 0 Å². The highest BCUT2D eigenvalue weighted by molar-refractivity contribution is 5.78. The molecule has 0 spiro atoms. The van der Waals surface area contributed by atoms with Crippen LogP contribution >= 0.6 is 0 Å². The average molecular weight is 329 g/mol. The highest BCUT2D eigenvalue weighted by Crippen LogP contribution is 2.25. The fourth-order valence-electron chi connectivity index (χ4n) is 2.97. The predicted octanol–water partition coefficient (Wildman–Crippen LogP) is 3.07. The van der Waals surface area contributed by atoms with Gasteiger partial charge in [-0.2, -0.15) is 4.98 Å². The lowest BCUT2D eigenvalue weighted by molar-refractivity contribution is -0.144. The van der Waals surface area contributed by atoms with E-state index in [2.05, 4.69) is 24.0 Å². The topological polar surface area (TPSA) is 68.5 Å². The smallest absolute Gasteiger partial charge is 0.258 e. The first-order valence-corrected chi connectivity index (χ1v) is 8.52. The Morgan fingerprint density at radius 1 is 1.29 bits per heavy atom. The van der Waals surface area contributed by atoms with Crippen molar-refractivity contribution in [2.24, 2.45) is 5.92 Å². The van der Waals surface area contributed by atoms with Crippen molar-refractivity contribution in [3.8, 4) is 11.5 Å². The quantitative estimate of drug-likeness (QED) is 0.843. The van der Waals surface area contributed by atoms with Crippen molar-refractivity contribution in [3.05, 3.63) is 36.2 Å². The molecule has 1 fully saturated rings. The van der Waals surface area contributed by atoms with Crippen LogP contribution in [0.25, 0.3) is 11.5 Å². The second-order valence-electron chi connectivity index (χ2n) is 5.98. The van der Waals surface area contributed by atoms with Crippen molar-refractivity contribution in [1.29, 1.82) is 0 Å². The van der Waals surface area contributed by atoms with E-state index >= 15 is 0 Å². The van der Waals surface area contributed by atoms with Crippen molar-refractivity contribution in [2.75, 3.05) is 19.7 Å². The maximum Gasteiger partial charge on any atom is 0.258 e. The molecule has 1 aromatic heterocycles. The first kappa shape index (κ1) is 16.6. The summed E-state index contributed by atoms with van der Waals surface area (Å²) in [7, 11) is 0. The van der Waals surface area contributed by atoms with Gasteiger partial charge in [-0.1, -0.05) is 37.2 Å². The number of benzene rings is 1. The summed E-state index contributed by atoms with van der Waals surface area (Å²) < 4.78 is 11.1. The summed E-state index contributed by atoms with van der Waals surface area (Å²) in [4.78, 5) is 18.9. The molecule has 0 saturated carbocycles. The van der Waals surface area contributed by atoms with Gasteiger partial charge in [0.15, 0.2) is 0 Å². The molecule has 0 N–H and O–H groups in total. The van der Waals surface area contributed by atoms with Crippen LogP contribution in [0.4, 0.5) is 0 Å². The first-order valence-electron chi connectivity index (χ1n) is 8.52. The van der Waals surface area contributed by atoms with E-state index < -0.39 is 0 Å². The number of carbonyl (C=O) groups is 1. The molecule has 6 nitrogen and oxygen atoms in total. The highest BCUT2D eigenvalue weighted by atomic mass is 16.5. The van der Waals surface area contributed by atoms with Crippen molar-refractivity contribution < 1.29 is 14.1 Å². The standard InChI is InChI=1S/C18H23N3O3/c1-3-13(4-2)18(22)21-10-11-23-15(12-21)16-19-17(24-20-16)14-8-6-5-7-9-14/h5-9,13,15H,3-4,10-12H2,1-2H3/t15-/m1/s1. The molecule has 128 valence electrons. The Kier molecular flexibility index (Phi) is 5.25. The summed E-state index contributed by atoms with van der Waals surface area (Å²) in [6.45, 7) is 5.69. The van der Waals surface area contributed by atoms with Gasteiger partial charge < -0.3 is 14.2 Å². The highest BCUT2D eigenvalue weighted by Gasteiger charge is 2.31. The Morgan fingerprint density at radius 2 is 2.04 bits per heavy atom. The zero-order chi connectivity index (χ0) is 16.9. The van der Waals surface area contributed by atoms with Crippen molar-refractivity contribution in [3.63, 3.8) is 0 Å². The second kappa shape index (κ2) is 7.57. The van der Waals surface area contributed by atoms with Crippen LogP contribution in [0.1, 0.15) is 38.6 Å². The van der Waals surface area contributed by atoms with Crippen LogP contribution in [-0.4, -0.2) is 40.6 Å². The van der Waals surface area contributed by atoms with Gasteiger partial charge in [-0.05, 0) is 25.0 Å². The molecule has 0 radical (unpaired) electrons. The molecule has 1 aliphatic rings. The van der Waals surface area contributed by atoms with E-state index in [1.54, 1.807) is 0 Å². The number of amides is 1. The van der Waals surface area contributed by atoms with E-state index in [9.17, 15) is 4.79 Å². The largest absolute Gasteiger partial charge is 0.366 e. The van der Waals surface area contributed by atoms with Crippen molar-refractivity contribution in [1.82, 2.24) is 15.0 Å². The molecule has 2 heterocycles. The summed E-state index contributed by atoms with van der Waals surface area (Å²) in [5.41, 5.74) is 0.872. The third kappa shape index (κ3) is 3.48. The first-order chi connectivity index (χ1) is 11.7. The van der Waals surface area contributed by atoms with Crippen LogP contribution in [0, 0.1) is 5.92 Å². The summed E-state index contributed by atoms with van der Waals surface area (Å²) >= 11 is 0. The summed E-state index contributed by atoms with van der Waals surface area (Å²) in [5, 5.41) is 4.05. The van der Waals surface area contributed by atoms with Crippen LogP contribution in [0.2, 0.25) is 0 Å². The predicted molar refractivity (Wildman–Crippen MR) is 89.1 cm³/mol. The number of rotatable bonds is 5. The van der Waals surface area contributed by atoms with Crippen LogP contribution < -0.4 is 0 Å². The van der Waals surface area contributed by atoms with Gasteiger partial charge in [0.1, 0.15) is 6.10 Å². The molecule has 1 atom stereocenters. The van der Waals surface area contributed by atoms with Gasteiger partial charge in [0.25, 0.3) is 5.89 Å². The van der Waals surface area contributed by atoms with E-state index in [4.69, 9.17) is 9.26 Å². The molecule has 1 aromatic carbocycles. The third-order valence-electron chi connectivity index (χ3n) is 4.46. The zero-order valence-electron chi connectivity index (χ0n) is 14.1. The van der Waals surface area contributed by atoms with Gasteiger partial charge in [-0.15, -0.1) is 0 Å². The molecule has 1 amide bonds. The number of hydrogen-bond acceptors (Lipinski definition) is 5. The van der Waals surface area contributed by atoms with Crippen LogP contribution in [-0.2, 0) is 9.53 Å². The van der Waals surface area contributed by atoms with E-state index in [1.165, 1.54) is 0 Å². The van der Waals surface area contributed by atoms with Gasteiger partial charge >= 0.3 is 0 Å². The summed E-state index contributed by atoms with van der Waals surface area (Å²) in [6.07, 6.45) is 1.38. The molecular weight excluding hydrogens is 306 g/mol. The molecule has 1 saturated heterocycles. The normalized spacial score (nSPS) is 18.1. The van der Waals surface area contributed by atoms with Crippen LogP contribution in [0.5, 0.6) is 0 Å². The number of morpholine rings is 1. The van der Waals surface area contributed by atoms with E-state index in [0.717, 1.165) is 18.4 Å². The Hall–Kier alpha value is -2.21. The number of hydrogen-bond donors (Lipinski definition) is 0. The van der Waals surface area contributed by atoms with Gasteiger partial charge in [-0.3, -0.25) is 4.79 Å². The lowest BCUT2D eigenvalue weighted by Gasteiger charge is -2.33. The molecule has 2 aromatic rings. The number of ether oxygens (including phenoxy) is 1. The maximum absolute atomic E-state index is 12.6. The molecular formula is C18H23N3O3. The number of carbonyl (C=O) groups excluding carboxylic acids is 1. The van der Waals surface area contributed by atoms with Crippen molar-refractivity contribution in [2.45, 2.75) is 32.8 Å². The van der Waals surface area contributed by atoms with Gasteiger partial charge in [0.05, 0.1) is 13.2 Å². The number of nitrogens with zero attached hydrogens (tertiary/aromatic N) is 3. The lowest BCUT2D eigenvalue weighted by atomic mass is 10.0. The van der Waals surface area contributed by atoms with Gasteiger partial charge in [0, 0.05) is 18.0 Å². The Labute approximate surface area is 141 Å². The molecule has 0 aliphatic carbocycles. The summed E-state index contributed by atoms with van der Waals surface area (Å²) in [6, 6.07) is 9.62. The van der Waals surface area contributed by atoms with E-state index in [-0.39, 0.29) is 17.9 Å². The molecule has 3 rings (SSSR count). The maximum atomic E-state index is 12.6. The summed E-state index contributed by atoms with van der Waals surface area (Å²) in [5.74, 6) is 1.24. The third-order valence-corrected chi connectivity index (χ3v) is 4.46. The Bertz CT molecular complexity index is 667. The fraction of sp³-hybridized carbons (Fsp3) is 0.500. The Balaban J connectivity index is 1.71. The number of aromatic nitrogens is 2. The zero-order valence-corrected chi connectivity index (χ0v) is 14.1. The fourth-order valence-corrected chi connectivity index (χ4v) is 2.97. The molecule has 1 aliphatic heterocycles. The van der Waals surface area contributed by atoms with Crippen molar-refractivity contribution >= 4 is 5.91 Å². The molecule has 6 heteroatoms. The SMILES string of the molecule is CCC(CC)C(=O)N1CCO[C@@H](c2noc(-c3ccccc3)n2)C1. The second-order valence-corrected chi connectivity index (χ2v) is 5.98. The minimum atomic E-state index is -0.335. The minimum absolute atomic E-state index is 0.0777. The molecule has 0 bridgehead atoms. The minimum Gasteiger partial charge on any atom is -0.366 e. The lowest BCUT2D eigenvalue weighted by Crippen LogP contribution is -2.45. The van der Waals surface area contributed by atoms with Gasteiger partial charge in [0.2, 0.25) is 11.7 Å².